The lowest BCUT2D eigenvalue weighted by Gasteiger charge is -2.26. The number of likely N-dealkylation sites (tertiary alicyclic amines) is 1. The third kappa shape index (κ3) is 7.03. The summed E-state index contributed by atoms with van der Waals surface area (Å²) in [5.41, 5.74) is -0.624. The molecule has 1 fully saturated rings. The van der Waals surface area contributed by atoms with Gasteiger partial charge in [-0.3, -0.25) is 9.59 Å². The molecule has 7 heteroatoms. The summed E-state index contributed by atoms with van der Waals surface area (Å²) in [4.78, 5) is 27.0. The Bertz CT molecular complexity index is 689. The number of rotatable bonds is 10. The molecule has 0 saturated carbocycles. The molecule has 1 aliphatic heterocycles. The molecule has 1 saturated heterocycles. The molecular formula is C23H33F3N2O2. The maximum atomic E-state index is 12.8. The SMILES string of the molecule is CCCCCCCCC(C)NC(=O)C1CCCN1C(=O)c1ccc(C(F)(F)F)cc1. The van der Waals surface area contributed by atoms with Crippen molar-refractivity contribution >= 4 is 11.8 Å². The molecule has 168 valence electrons. The van der Waals surface area contributed by atoms with Crippen LogP contribution in [0.5, 0.6) is 0 Å². The fraction of sp³-hybridized carbons (Fsp3) is 0.652. The third-order valence-corrected chi connectivity index (χ3v) is 5.65. The molecule has 1 aromatic rings. The summed E-state index contributed by atoms with van der Waals surface area (Å²) >= 11 is 0. The van der Waals surface area contributed by atoms with Gasteiger partial charge in [-0.05, 0) is 50.5 Å². The Labute approximate surface area is 177 Å². The van der Waals surface area contributed by atoms with Crippen LogP contribution in [0.15, 0.2) is 24.3 Å². The van der Waals surface area contributed by atoms with E-state index in [0.717, 1.165) is 31.4 Å². The van der Waals surface area contributed by atoms with E-state index in [1.807, 2.05) is 6.92 Å². The lowest BCUT2D eigenvalue weighted by Crippen LogP contribution is -2.48. The molecule has 2 amide bonds. The zero-order chi connectivity index (χ0) is 22.1. The summed E-state index contributed by atoms with van der Waals surface area (Å²) in [6.45, 7) is 4.59. The minimum Gasteiger partial charge on any atom is -0.352 e. The summed E-state index contributed by atoms with van der Waals surface area (Å²) in [7, 11) is 0. The van der Waals surface area contributed by atoms with Crippen LogP contribution in [-0.4, -0.2) is 35.3 Å². The first-order chi connectivity index (χ1) is 14.2. The number of amides is 2. The van der Waals surface area contributed by atoms with Gasteiger partial charge in [-0.1, -0.05) is 45.4 Å². The highest BCUT2D eigenvalue weighted by Crippen LogP contribution is 2.29. The van der Waals surface area contributed by atoms with Crippen molar-refractivity contribution in [3.63, 3.8) is 0 Å². The van der Waals surface area contributed by atoms with Gasteiger partial charge in [0, 0.05) is 18.2 Å². The Kier molecular flexibility index (Phi) is 9.18. The number of nitrogens with zero attached hydrogens (tertiary/aromatic N) is 1. The van der Waals surface area contributed by atoms with Crippen molar-refractivity contribution in [2.75, 3.05) is 6.54 Å². The van der Waals surface area contributed by atoms with E-state index in [2.05, 4.69) is 12.2 Å². The molecule has 0 bridgehead atoms. The average Bonchev–Trinajstić information content (AvgIpc) is 3.19. The first kappa shape index (κ1) is 24.2. The van der Waals surface area contributed by atoms with Crippen molar-refractivity contribution in [1.82, 2.24) is 10.2 Å². The van der Waals surface area contributed by atoms with E-state index >= 15 is 0 Å². The van der Waals surface area contributed by atoms with Gasteiger partial charge in [0.05, 0.1) is 5.56 Å². The molecule has 2 atom stereocenters. The Morgan fingerprint density at radius 2 is 1.73 bits per heavy atom. The molecule has 0 aromatic heterocycles. The number of carbonyl (C=O) groups excluding carboxylic acids is 2. The highest BCUT2D eigenvalue weighted by atomic mass is 19.4. The number of unbranched alkanes of at least 4 members (excludes halogenated alkanes) is 5. The van der Waals surface area contributed by atoms with Gasteiger partial charge in [-0.2, -0.15) is 13.2 Å². The Morgan fingerprint density at radius 1 is 1.10 bits per heavy atom. The molecule has 30 heavy (non-hydrogen) atoms. The summed E-state index contributed by atoms with van der Waals surface area (Å²) in [6, 6.07) is 3.64. The van der Waals surface area contributed by atoms with Crippen molar-refractivity contribution in [2.24, 2.45) is 0 Å². The molecule has 4 nitrogen and oxygen atoms in total. The van der Waals surface area contributed by atoms with Gasteiger partial charge >= 0.3 is 6.18 Å². The predicted molar refractivity (Wildman–Crippen MR) is 111 cm³/mol. The number of alkyl halides is 3. The first-order valence-corrected chi connectivity index (χ1v) is 11.0. The van der Waals surface area contributed by atoms with Crippen molar-refractivity contribution in [3.05, 3.63) is 35.4 Å². The van der Waals surface area contributed by atoms with E-state index in [0.29, 0.717) is 19.4 Å². The maximum Gasteiger partial charge on any atom is 0.416 e. The van der Waals surface area contributed by atoms with Gasteiger partial charge in [-0.25, -0.2) is 0 Å². The topological polar surface area (TPSA) is 49.4 Å². The molecule has 0 spiro atoms. The van der Waals surface area contributed by atoms with Crippen LogP contribution < -0.4 is 5.32 Å². The highest BCUT2D eigenvalue weighted by Gasteiger charge is 2.35. The Balaban J connectivity index is 1.86. The van der Waals surface area contributed by atoms with Gasteiger partial charge < -0.3 is 10.2 Å². The van der Waals surface area contributed by atoms with Crippen molar-refractivity contribution in [1.29, 1.82) is 0 Å². The van der Waals surface area contributed by atoms with Crippen LogP contribution in [0.4, 0.5) is 13.2 Å². The predicted octanol–water partition coefficient (Wildman–Crippen LogP) is 5.57. The molecule has 0 radical (unpaired) electrons. The van der Waals surface area contributed by atoms with Crippen molar-refractivity contribution in [2.45, 2.75) is 89.9 Å². The summed E-state index contributed by atoms with van der Waals surface area (Å²) in [6.07, 6.45) is 4.89. The van der Waals surface area contributed by atoms with E-state index in [9.17, 15) is 22.8 Å². The standard InChI is InChI=1S/C23H33F3N2O2/c1-3-4-5-6-7-8-10-17(2)27-21(29)20-11-9-16-28(20)22(30)18-12-14-19(15-13-18)23(24,25)26/h12-15,17,20H,3-11,16H2,1-2H3,(H,27,29). The van der Waals surface area contributed by atoms with Crippen LogP contribution in [-0.2, 0) is 11.0 Å². The second kappa shape index (κ2) is 11.4. The zero-order valence-corrected chi connectivity index (χ0v) is 17.9. The summed E-state index contributed by atoms with van der Waals surface area (Å²) < 4.78 is 38.2. The normalized spacial score (nSPS) is 17.8. The Hall–Kier alpha value is -2.05. The smallest absolute Gasteiger partial charge is 0.352 e. The van der Waals surface area contributed by atoms with E-state index in [1.54, 1.807) is 0 Å². The van der Waals surface area contributed by atoms with Crippen molar-refractivity contribution < 1.29 is 22.8 Å². The van der Waals surface area contributed by atoms with E-state index < -0.39 is 23.7 Å². The van der Waals surface area contributed by atoms with E-state index in [4.69, 9.17) is 0 Å². The lowest BCUT2D eigenvalue weighted by atomic mass is 10.1. The van der Waals surface area contributed by atoms with Gasteiger partial charge in [0.1, 0.15) is 6.04 Å². The number of hydrogen-bond acceptors (Lipinski definition) is 2. The summed E-state index contributed by atoms with van der Waals surface area (Å²) in [5.74, 6) is -0.573. The van der Waals surface area contributed by atoms with Crippen LogP contribution in [0.2, 0.25) is 0 Å². The van der Waals surface area contributed by atoms with Crippen LogP contribution in [0.1, 0.15) is 87.6 Å². The number of hydrogen-bond donors (Lipinski definition) is 1. The minimum absolute atomic E-state index is 0.0345. The van der Waals surface area contributed by atoms with Gasteiger partial charge in [0.25, 0.3) is 5.91 Å². The second-order valence-corrected chi connectivity index (χ2v) is 8.20. The third-order valence-electron chi connectivity index (χ3n) is 5.65. The quantitative estimate of drug-likeness (QED) is 0.498. The molecule has 2 unspecified atom stereocenters. The van der Waals surface area contributed by atoms with E-state index in [1.165, 1.54) is 42.7 Å². The maximum absolute atomic E-state index is 12.8. The fourth-order valence-electron chi connectivity index (χ4n) is 3.89. The number of benzene rings is 1. The van der Waals surface area contributed by atoms with Crippen LogP contribution in [0.25, 0.3) is 0 Å². The first-order valence-electron chi connectivity index (χ1n) is 11.0. The molecule has 1 aromatic carbocycles. The van der Waals surface area contributed by atoms with E-state index in [-0.39, 0.29) is 17.5 Å². The molecule has 1 aliphatic rings. The monoisotopic (exact) mass is 426 g/mol. The number of carbonyl (C=O) groups is 2. The van der Waals surface area contributed by atoms with Gasteiger partial charge in [-0.15, -0.1) is 0 Å². The molecule has 0 aliphatic carbocycles. The van der Waals surface area contributed by atoms with Crippen LogP contribution in [0.3, 0.4) is 0 Å². The molecule has 1 heterocycles. The average molecular weight is 427 g/mol. The molecule has 2 rings (SSSR count). The van der Waals surface area contributed by atoms with Gasteiger partial charge in [0.15, 0.2) is 0 Å². The van der Waals surface area contributed by atoms with Crippen molar-refractivity contribution in [3.8, 4) is 0 Å². The largest absolute Gasteiger partial charge is 0.416 e. The fourth-order valence-corrected chi connectivity index (χ4v) is 3.89. The Morgan fingerprint density at radius 3 is 2.37 bits per heavy atom. The van der Waals surface area contributed by atoms with Crippen LogP contribution in [0, 0.1) is 0 Å². The molecule has 1 N–H and O–H groups in total. The minimum atomic E-state index is -4.44. The highest BCUT2D eigenvalue weighted by molar-refractivity contribution is 5.98. The summed E-state index contributed by atoms with van der Waals surface area (Å²) in [5, 5.41) is 3.01. The number of halogens is 3. The number of nitrogens with one attached hydrogen (secondary N) is 1. The van der Waals surface area contributed by atoms with Crippen LogP contribution >= 0.6 is 0 Å². The van der Waals surface area contributed by atoms with Gasteiger partial charge in [0.2, 0.25) is 5.91 Å². The lowest BCUT2D eigenvalue weighted by molar-refractivity contribution is -0.137. The zero-order valence-electron chi connectivity index (χ0n) is 17.9. The second-order valence-electron chi connectivity index (χ2n) is 8.20. The molecular weight excluding hydrogens is 393 g/mol.